The molecule has 3 rings (SSSR count). The third kappa shape index (κ3) is 5.95. The van der Waals surface area contributed by atoms with Crippen LogP contribution >= 0.6 is 15.9 Å². The first-order valence-corrected chi connectivity index (χ1v) is 12.4. The maximum absolute atomic E-state index is 13.5. The van der Waals surface area contributed by atoms with Crippen LogP contribution in [0.2, 0.25) is 0 Å². The van der Waals surface area contributed by atoms with Crippen LogP contribution in [0.5, 0.6) is 11.5 Å². The van der Waals surface area contributed by atoms with Gasteiger partial charge < -0.3 is 9.47 Å². The van der Waals surface area contributed by atoms with E-state index in [9.17, 15) is 13.2 Å². The quantitative estimate of drug-likeness (QED) is 0.321. The number of nitrogens with one attached hydrogen (secondary N) is 1. The summed E-state index contributed by atoms with van der Waals surface area (Å²) in [5, 5.41) is 4.12. The standard InChI is InChI=1S/C24H24BrN3O5S/c1-17(18-9-11-19(25)12-10-18)26-27-24(29)16-28(34(30,31)21-7-5-4-6-8-21)22-14-13-20(32-2)15-23(22)33-3/h4-15H,16H2,1-3H3,(H,27,29)/b26-17-. The van der Waals surface area contributed by atoms with Gasteiger partial charge in [-0.15, -0.1) is 0 Å². The molecule has 3 aromatic rings. The summed E-state index contributed by atoms with van der Waals surface area (Å²) in [5.41, 5.74) is 4.02. The number of hydrazone groups is 1. The van der Waals surface area contributed by atoms with Crippen molar-refractivity contribution in [3.63, 3.8) is 0 Å². The molecule has 1 N–H and O–H groups in total. The summed E-state index contributed by atoms with van der Waals surface area (Å²) in [6.07, 6.45) is 0. The highest BCUT2D eigenvalue weighted by Crippen LogP contribution is 2.35. The number of amides is 1. The molecule has 0 saturated carbocycles. The maximum Gasteiger partial charge on any atom is 0.264 e. The van der Waals surface area contributed by atoms with Crippen molar-refractivity contribution in [2.75, 3.05) is 25.1 Å². The van der Waals surface area contributed by atoms with Crippen LogP contribution in [-0.2, 0) is 14.8 Å². The molecule has 1 amide bonds. The van der Waals surface area contributed by atoms with Crippen molar-refractivity contribution in [2.45, 2.75) is 11.8 Å². The zero-order valence-corrected chi connectivity index (χ0v) is 21.3. The molecule has 178 valence electrons. The number of carbonyl (C=O) groups excluding carboxylic acids is 1. The molecule has 0 aliphatic carbocycles. The molecule has 0 fully saturated rings. The van der Waals surface area contributed by atoms with Crippen molar-refractivity contribution in [2.24, 2.45) is 5.10 Å². The number of rotatable bonds is 9. The first-order valence-electron chi connectivity index (χ1n) is 10.1. The van der Waals surface area contributed by atoms with Crippen LogP contribution in [0.15, 0.2) is 87.3 Å². The Balaban J connectivity index is 1.94. The monoisotopic (exact) mass is 545 g/mol. The van der Waals surface area contributed by atoms with Gasteiger partial charge in [0, 0.05) is 10.5 Å². The summed E-state index contributed by atoms with van der Waals surface area (Å²) in [6, 6.07) is 20.0. The van der Waals surface area contributed by atoms with E-state index in [1.165, 1.54) is 32.4 Å². The molecular formula is C24H24BrN3O5S. The Labute approximate surface area is 207 Å². The van der Waals surface area contributed by atoms with Crippen LogP contribution in [0.25, 0.3) is 0 Å². The number of benzene rings is 3. The van der Waals surface area contributed by atoms with E-state index in [2.05, 4.69) is 26.5 Å². The zero-order chi connectivity index (χ0) is 24.7. The van der Waals surface area contributed by atoms with Gasteiger partial charge in [-0.1, -0.05) is 46.3 Å². The third-order valence-electron chi connectivity index (χ3n) is 4.88. The van der Waals surface area contributed by atoms with Crippen molar-refractivity contribution in [1.29, 1.82) is 0 Å². The molecule has 0 bridgehead atoms. The first-order chi connectivity index (χ1) is 16.3. The van der Waals surface area contributed by atoms with E-state index in [1.807, 2.05) is 24.3 Å². The topological polar surface area (TPSA) is 97.3 Å². The number of halogens is 1. The van der Waals surface area contributed by atoms with Gasteiger partial charge in [-0.05, 0) is 48.9 Å². The summed E-state index contributed by atoms with van der Waals surface area (Å²) in [5.74, 6) is 0.104. The molecule has 34 heavy (non-hydrogen) atoms. The minimum absolute atomic E-state index is 0.0372. The second-order valence-corrected chi connectivity index (χ2v) is 9.88. The van der Waals surface area contributed by atoms with Gasteiger partial charge in [0.15, 0.2) is 0 Å². The molecule has 0 aliphatic heterocycles. The van der Waals surface area contributed by atoms with Gasteiger partial charge in [0.05, 0.1) is 30.5 Å². The first kappa shape index (κ1) is 25.3. The van der Waals surface area contributed by atoms with Crippen LogP contribution < -0.4 is 19.2 Å². The number of methoxy groups -OCH3 is 2. The Morgan fingerprint density at radius 3 is 2.29 bits per heavy atom. The molecule has 0 heterocycles. The highest BCUT2D eigenvalue weighted by molar-refractivity contribution is 9.10. The highest BCUT2D eigenvalue weighted by atomic mass is 79.9. The lowest BCUT2D eigenvalue weighted by atomic mass is 10.1. The van der Waals surface area contributed by atoms with Crippen LogP contribution in [-0.4, -0.2) is 40.8 Å². The van der Waals surface area contributed by atoms with Gasteiger partial charge in [0.2, 0.25) is 0 Å². The molecule has 0 aliphatic rings. The Hall–Kier alpha value is -3.37. The molecule has 8 nitrogen and oxygen atoms in total. The average molecular weight is 546 g/mol. The molecule has 0 atom stereocenters. The molecular weight excluding hydrogens is 522 g/mol. The van der Waals surface area contributed by atoms with Gasteiger partial charge in [-0.3, -0.25) is 9.10 Å². The largest absolute Gasteiger partial charge is 0.497 e. The molecule has 0 radical (unpaired) electrons. The van der Waals surface area contributed by atoms with Crippen molar-refractivity contribution in [3.05, 3.63) is 82.8 Å². The Bertz CT molecular complexity index is 1280. The summed E-state index contributed by atoms with van der Waals surface area (Å²) in [6.45, 7) is 1.23. The lowest BCUT2D eigenvalue weighted by Crippen LogP contribution is -2.40. The predicted octanol–water partition coefficient (Wildman–Crippen LogP) is 4.20. The van der Waals surface area contributed by atoms with Crippen molar-refractivity contribution in [1.82, 2.24) is 5.43 Å². The maximum atomic E-state index is 13.5. The molecule has 0 unspecified atom stereocenters. The molecule has 0 spiro atoms. The van der Waals surface area contributed by atoms with E-state index < -0.39 is 22.5 Å². The number of ether oxygens (including phenoxy) is 2. The van der Waals surface area contributed by atoms with Crippen molar-refractivity contribution in [3.8, 4) is 11.5 Å². The lowest BCUT2D eigenvalue weighted by Gasteiger charge is -2.25. The van der Waals surface area contributed by atoms with E-state index in [-0.39, 0.29) is 16.3 Å². The van der Waals surface area contributed by atoms with E-state index in [4.69, 9.17) is 9.47 Å². The lowest BCUT2D eigenvalue weighted by molar-refractivity contribution is -0.119. The summed E-state index contributed by atoms with van der Waals surface area (Å²) < 4.78 is 39.5. The van der Waals surface area contributed by atoms with Gasteiger partial charge >= 0.3 is 0 Å². The van der Waals surface area contributed by atoms with Gasteiger partial charge in [-0.25, -0.2) is 13.8 Å². The van der Waals surface area contributed by atoms with Crippen LogP contribution in [0.3, 0.4) is 0 Å². The van der Waals surface area contributed by atoms with E-state index in [1.54, 1.807) is 37.3 Å². The van der Waals surface area contributed by atoms with E-state index >= 15 is 0 Å². The summed E-state index contributed by atoms with van der Waals surface area (Å²) >= 11 is 3.37. The Morgan fingerprint density at radius 2 is 1.68 bits per heavy atom. The highest BCUT2D eigenvalue weighted by Gasteiger charge is 2.29. The fourth-order valence-electron chi connectivity index (χ4n) is 3.08. The second kappa shape index (κ2) is 11.2. The van der Waals surface area contributed by atoms with Crippen molar-refractivity contribution >= 4 is 43.3 Å². The third-order valence-corrected chi connectivity index (χ3v) is 7.19. The fourth-order valence-corrected chi connectivity index (χ4v) is 4.79. The SMILES string of the molecule is COc1ccc(N(CC(=O)N/N=C(/C)c2ccc(Br)cc2)S(=O)(=O)c2ccccc2)c(OC)c1. The number of sulfonamides is 1. The van der Waals surface area contributed by atoms with Crippen LogP contribution in [0, 0.1) is 0 Å². The summed E-state index contributed by atoms with van der Waals surface area (Å²) in [7, 11) is -1.19. The summed E-state index contributed by atoms with van der Waals surface area (Å²) in [4.78, 5) is 12.9. The zero-order valence-electron chi connectivity index (χ0n) is 18.9. The Kier molecular flexibility index (Phi) is 8.30. The second-order valence-electron chi connectivity index (χ2n) is 7.10. The smallest absolute Gasteiger partial charge is 0.264 e. The predicted molar refractivity (Wildman–Crippen MR) is 135 cm³/mol. The molecule has 0 saturated heterocycles. The number of hydrogen-bond acceptors (Lipinski definition) is 6. The van der Waals surface area contributed by atoms with Crippen LogP contribution in [0.1, 0.15) is 12.5 Å². The normalized spacial score (nSPS) is 11.6. The van der Waals surface area contributed by atoms with E-state index in [0.717, 1.165) is 14.3 Å². The molecule has 0 aromatic heterocycles. The van der Waals surface area contributed by atoms with E-state index in [0.29, 0.717) is 11.5 Å². The van der Waals surface area contributed by atoms with Gasteiger partial charge in [0.25, 0.3) is 15.9 Å². The average Bonchev–Trinajstić information content (AvgIpc) is 2.86. The number of nitrogens with zero attached hydrogens (tertiary/aromatic N) is 2. The molecule has 3 aromatic carbocycles. The minimum Gasteiger partial charge on any atom is -0.497 e. The molecule has 10 heteroatoms. The number of anilines is 1. The Morgan fingerprint density at radius 1 is 1.00 bits per heavy atom. The minimum atomic E-state index is -4.10. The van der Waals surface area contributed by atoms with Gasteiger partial charge in [0.1, 0.15) is 18.0 Å². The fraction of sp³-hybridized carbons (Fsp3) is 0.167. The number of carbonyl (C=O) groups is 1. The van der Waals surface area contributed by atoms with Crippen LogP contribution in [0.4, 0.5) is 5.69 Å². The number of hydrogen-bond donors (Lipinski definition) is 1. The van der Waals surface area contributed by atoms with Crippen molar-refractivity contribution < 1.29 is 22.7 Å². The van der Waals surface area contributed by atoms with Gasteiger partial charge in [-0.2, -0.15) is 5.10 Å².